The van der Waals surface area contributed by atoms with Crippen molar-refractivity contribution in [2.45, 2.75) is 86.4 Å². The van der Waals surface area contributed by atoms with Crippen LogP contribution in [0.2, 0.25) is 34.1 Å². The molecule has 40 heavy (non-hydrogen) atoms. The number of rotatable bonds is 3. The zero-order valence-corrected chi connectivity index (χ0v) is 26.5. The maximum atomic E-state index is 5.54. The lowest BCUT2D eigenvalue weighted by Gasteiger charge is -2.32. The Bertz CT molecular complexity index is 751. The van der Waals surface area contributed by atoms with Gasteiger partial charge in [0, 0.05) is 26.9 Å². The third kappa shape index (κ3) is 14.6. The van der Waals surface area contributed by atoms with Crippen LogP contribution in [-0.4, -0.2) is 86.9 Å². The van der Waals surface area contributed by atoms with E-state index >= 15 is 0 Å². The Morgan fingerprint density at radius 3 is 1.38 bits per heavy atom. The number of para-hydroxylation sites is 2. The Balaban J connectivity index is 0.000000254. The molecule has 0 aromatic heterocycles. The molecule has 4 aliphatic rings. The Morgan fingerprint density at radius 1 is 0.725 bits per heavy atom. The van der Waals surface area contributed by atoms with E-state index in [4.69, 9.17) is 46.5 Å². The van der Waals surface area contributed by atoms with E-state index in [1.807, 2.05) is 65.3 Å². The van der Waals surface area contributed by atoms with Gasteiger partial charge in [-0.05, 0) is 87.3 Å². The molecular formula is C25H49B5O10. The summed E-state index contributed by atoms with van der Waals surface area (Å²) in [6, 6.07) is 7.66. The number of benzene rings is 1. The van der Waals surface area contributed by atoms with Gasteiger partial charge in [-0.1, -0.05) is 12.1 Å². The molecule has 0 N–H and O–H groups in total. The predicted molar refractivity (Wildman–Crippen MR) is 163 cm³/mol. The first kappa shape index (κ1) is 36.9. The molecule has 0 spiro atoms. The van der Waals surface area contributed by atoms with Gasteiger partial charge in [0.25, 0.3) is 0 Å². The normalized spacial score (nSPS) is 19.7. The monoisotopic (exact) mass is 564 g/mol. The van der Waals surface area contributed by atoms with Crippen LogP contribution in [0.3, 0.4) is 0 Å². The molecule has 0 saturated carbocycles. The van der Waals surface area contributed by atoms with Crippen LogP contribution in [0.4, 0.5) is 0 Å². The number of hydrogen-bond acceptors (Lipinski definition) is 10. The van der Waals surface area contributed by atoms with Crippen LogP contribution in [0.1, 0.15) is 41.0 Å². The molecule has 0 aliphatic carbocycles. The largest absolute Gasteiger partial charge is 0.591 e. The van der Waals surface area contributed by atoms with Crippen LogP contribution in [0.5, 0.6) is 11.5 Å². The highest BCUT2D eigenvalue weighted by atomic mass is 16.7. The van der Waals surface area contributed by atoms with Crippen molar-refractivity contribution in [3.63, 3.8) is 0 Å². The molecule has 15 heteroatoms. The highest BCUT2D eigenvalue weighted by molar-refractivity contribution is 6.46. The summed E-state index contributed by atoms with van der Waals surface area (Å²) in [5.41, 5.74) is -0.321. The SMILES string of the molecule is CB1OC(C)(C)C(C)(C)O1.CB1OCCCO1.CB1OCCO1.CB1Oc2ccccc2O1.CCOB(C)OC. The van der Waals surface area contributed by atoms with Gasteiger partial charge in [0.2, 0.25) is 0 Å². The predicted octanol–water partition coefficient (Wildman–Crippen LogP) is 4.76. The van der Waals surface area contributed by atoms with Crippen molar-refractivity contribution in [3.05, 3.63) is 24.3 Å². The summed E-state index contributed by atoms with van der Waals surface area (Å²) in [5, 5.41) is 0. The molecule has 3 fully saturated rings. The van der Waals surface area contributed by atoms with E-state index in [2.05, 4.69) is 27.7 Å². The molecule has 10 nitrogen and oxygen atoms in total. The van der Waals surface area contributed by atoms with Crippen molar-refractivity contribution in [1.29, 1.82) is 0 Å². The molecule has 4 aliphatic heterocycles. The molecule has 224 valence electrons. The lowest BCUT2D eigenvalue weighted by Crippen LogP contribution is -2.41. The van der Waals surface area contributed by atoms with Gasteiger partial charge in [-0.25, -0.2) is 0 Å². The molecule has 3 saturated heterocycles. The highest BCUT2D eigenvalue weighted by Crippen LogP contribution is 2.36. The van der Waals surface area contributed by atoms with E-state index in [0.717, 1.165) is 51.0 Å². The third-order valence-electron chi connectivity index (χ3n) is 6.32. The second-order valence-electron chi connectivity index (χ2n) is 10.3. The first-order chi connectivity index (χ1) is 18.8. The number of hydrogen-bond donors (Lipinski definition) is 0. The smallest absolute Gasteiger partial charge is 0.523 e. The molecule has 5 rings (SSSR count). The van der Waals surface area contributed by atoms with Crippen molar-refractivity contribution in [2.24, 2.45) is 0 Å². The van der Waals surface area contributed by atoms with Gasteiger partial charge in [-0.2, -0.15) is 0 Å². The van der Waals surface area contributed by atoms with E-state index in [0.29, 0.717) is 0 Å². The zero-order valence-electron chi connectivity index (χ0n) is 26.5. The standard InChI is InChI=1S/C7H7BO2.C7H15BO2.C4H9BO2.C4H11BO2.C3H7BO2/c1-8-9-6-4-2-3-5-7(6)10-8;1-6(2)7(3,4)10-8(5)9-6;1-5-6-3-2-4-7-5;1-4-7-5(2)6-3;1-4-5-2-3-6-4/h2-5H,1H3;1-5H3;2-4H2,1H3;4H2,1-3H3;2-3H2,1H3. The van der Waals surface area contributed by atoms with Crippen molar-refractivity contribution in [1.82, 2.24) is 0 Å². The van der Waals surface area contributed by atoms with E-state index in [1.165, 1.54) is 0 Å². The summed E-state index contributed by atoms with van der Waals surface area (Å²) in [6.45, 7) is 23.6. The van der Waals surface area contributed by atoms with Gasteiger partial charge in [-0.3, -0.25) is 0 Å². The van der Waals surface area contributed by atoms with Gasteiger partial charge < -0.3 is 46.5 Å². The van der Waals surface area contributed by atoms with Gasteiger partial charge in [0.1, 0.15) is 11.5 Å². The molecule has 1 aromatic rings. The Labute approximate surface area is 244 Å². The molecule has 0 radical (unpaired) electrons. The first-order valence-corrected chi connectivity index (χ1v) is 14.2. The molecule has 0 amide bonds. The van der Waals surface area contributed by atoms with Crippen molar-refractivity contribution >= 4 is 35.6 Å². The number of fused-ring (bicyclic) bond motifs is 1. The molecule has 0 atom stereocenters. The van der Waals surface area contributed by atoms with Gasteiger partial charge in [0.05, 0.1) is 24.4 Å². The van der Waals surface area contributed by atoms with Crippen molar-refractivity contribution in [2.75, 3.05) is 40.1 Å². The fraction of sp³-hybridized carbons (Fsp3) is 0.760. The Kier molecular flexibility index (Phi) is 17.6. The van der Waals surface area contributed by atoms with E-state index in [9.17, 15) is 0 Å². The average molecular weight is 564 g/mol. The Hall–Kier alpha value is -1.18. The fourth-order valence-electron chi connectivity index (χ4n) is 3.55. The quantitative estimate of drug-likeness (QED) is 0.479. The molecule has 1 aromatic carbocycles. The fourth-order valence-corrected chi connectivity index (χ4v) is 3.55. The summed E-state index contributed by atoms with van der Waals surface area (Å²) in [6.07, 6.45) is 1.05. The van der Waals surface area contributed by atoms with Crippen molar-refractivity contribution in [3.8, 4) is 11.5 Å². The second kappa shape index (κ2) is 19.1. The minimum Gasteiger partial charge on any atom is -0.523 e. The van der Waals surface area contributed by atoms with Crippen LogP contribution >= 0.6 is 0 Å². The van der Waals surface area contributed by atoms with Crippen LogP contribution < -0.4 is 9.31 Å². The topological polar surface area (TPSA) is 92.3 Å². The summed E-state index contributed by atoms with van der Waals surface area (Å²) in [5.74, 6) is 1.69. The zero-order chi connectivity index (χ0) is 30.2. The van der Waals surface area contributed by atoms with Crippen LogP contribution in [-0.2, 0) is 37.2 Å². The van der Waals surface area contributed by atoms with E-state index in [-0.39, 0.29) is 46.8 Å². The second-order valence-corrected chi connectivity index (χ2v) is 10.3. The van der Waals surface area contributed by atoms with Gasteiger partial charge in [-0.15, -0.1) is 0 Å². The first-order valence-electron chi connectivity index (χ1n) is 14.2. The van der Waals surface area contributed by atoms with Crippen LogP contribution in [0, 0.1) is 0 Å². The maximum Gasteiger partial charge on any atom is 0.591 e. The van der Waals surface area contributed by atoms with E-state index < -0.39 is 0 Å². The van der Waals surface area contributed by atoms with Crippen LogP contribution in [0.25, 0.3) is 0 Å². The maximum absolute atomic E-state index is 5.54. The minimum absolute atomic E-state index is 0.0359. The summed E-state index contributed by atoms with van der Waals surface area (Å²) in [4.78, 5) is 0. The van der Waals surface area contributed by atoms with Gasteiger partial charge in [0.15, 0.2) is 0 Å². The van der Waals surface area contributed by atoms with E-state index in [1.54, 1.807) is 7.11 Å². The summed E-state index contributed by atoms with van der Waals surface area (Å²) in [7, 11) is 1.46. The van der Waals surface area contributed by atoms with Crippen LogP contribution in [0.15, 0.2) is 24.3 Å². The Morgan fingerprint density at radius 2 is 1.15 bits per heavy atom. The molecular weight excluding hydrogens is 514 g/mol. The third-order valence-corrected chi connectivity index (χ3v) is 6.32. The highest BCUT2D eigenvalue weighted by Gasteiger charge is 2.48. The molecule has 0 bridgehead atoms. The minimum atomic E-state index is -0.160. The lowest BCUT2D eigenvalue weighted by molar-refractivity contribution is 0.00578. The lowest BCUT2D eigenvalue weighted by atomic mass is 9.90. The molecule has 0 unspecified atom stereocenters. The average Bonchev–Trinajstić information content (AvgIpc) is 3.57. The summed E-state index contributed by atoms with van der Waals surface area (Å²) < 4.78 is 51.4. The molecule has 4 heterocycles. The summed E-state index contributed by atoms with van der Waals surface area (Å²) >= 11 is 0. The van der Waals surface area contributed by atoms with Crippen molar-refractivity contribution < 1.29 is 46.5 Å². The van der Waals surface area contributed by atoms with Gasteiger partial charge >= 0.3 is 35.6 Å².